The molecule has 1 aliphatic heterocycles. The van der Waals surface area contributed by atoms with Gasteiger partial charge in [-0.2, -0.15) is 0 Å². The van der Waals surface area contributed by atoms with Crippen LogP contribution in [0.15, 0.2) is 41.9 Å². The van der Waals surface area contributed by atoms with Gasteiger partial charge in [-0.3, -0.25) is 5.43 Å². The maximum Gasteiger partial charge on any atom is 0.124 e. The number of hydrogen-bond acceptors (Lipinski definition) is 4. The monoisotopic (exact) mass is 188 g/mol. The second-order valence-corrected chi connectivity index (χ2v) is 2.95. The molecule has 0 unspecified atom stereocenters. The maximum atomic E-state index is 11.5. The number of hydrogen-bond donors (Lipinski definition) is 1. The summed E-state index contributed by atoms with van der Waals surface area (Å²) < 4.78 is 0. The number of rotatable bonds is 2. The zero-order valence-corrected chi connectivity index (χ0v) is 7.60. The summed E-state index contributed by atoms with van der Waals surface area (Å²) in [7, 11) is 0. The Labute approximate surface area is 82.1 Å². The lowest BCUT2D eigenvalue weighted by Crippen LogP contribution is -2.39. The van der Waals surface area contributed by atoms with Crippen molar-refractivity contribution in [1.82, 2.24) is 5.43 Å². The highest BCUT2D eigenvalue weighted by Crippen LogP contribution is 2.29. The molecule has 72 valence electrons. The molecule has 14 heavy (non-hydrogen) atoms. The van der Waals surface area contributed by atoms with Crippen molar-refractivity contribution in [3.8, 4) is 0 Å². The van der Waals surface area contributed by atoms with Gasteiger partial charge in [0, 0.05) is 6.42 Å². The summed E-state index contributed by atoms with van der Waals surface area (Å²) in [6, 6.07) is 7.19. The second kappa shape index (κ2) is 3.51. The third kappa shape index (κ3) is 1.47. The lowest BCUT2D eigenvalue weighted by Gasteiger charge is -2.36. The summed E-state index contributed by atoms with van der Waals surface area (Å²) in [6.45, 7) is 3.59. The molecule has 0 amide bonds. The van der Waals surface area contributed by atoms with Crippen LogP contribution in [0.3, 0.4) is 0 Å². The van der Waals surface area contributed by atoms with Crippen molar-refractivity contribution in [2.75, 3.05) is 5.17 Å². The number of nitrogens with one attached hydrogen (secondary N) is 1. The highest BCUT2D eigenvalue weighted by atomic mass is 16.5. The molecule has 1 aliphatic rings. The molecule has 0 saturated heterocycles. The third-order valence-corrected chi connectivity index (χ3v) is 1.92. The Kier molecular flexibility index (Phi) is 2.20. The van der Waals surface area contributed by atoms with Crippen LogP contribution in [0.2, 0.25) is 0 Å². The molecule has 4 heteroatoms. The van der Waals surface area contributed by atoms with E-state index in [-0.39, 0.29) is 0 Å². The van der Waals surface area contributed by atoms with E-state index in [9.17, 15) is 5.21 Å². The predicted molar refractivity (Wildman–Crippen MR) is 57.3 cm³/mol. The van der Waals surface area contributed by atoms with Crippen molar-refractivity contribution in [1.29, 1.82) is 0 Å². The number of aliphatic imine (C=N–C) groups is 1. The number of amidine groups is 1. The summed E-state index contributed by atoms with van der Waals surface area (Å²) in [6.07, 6.45) is 2.26. The van der Waals surface area contributed by atoms with Crippen LogP contribution in [0.25, 0.3) is 0 Å². The molecule has 0 bridgehead atoms. The van der Waals surface area contributed by atoms with Crippen LogP contribution in [-0.2, 0) is 0 Å². The van der Waals surface area contributed by atoms with Crippen molar-refractivity contribution in [2.24, 2.45) is 4.99 Å². The summed E-state index contributed by atoms with van der Waals surface area (Å²) in [5.41, 5.74) is 3.86. The summed E-state index contributed by atoms with van der Waals surface area (Å²) >= 11 is 0. The largest absolute Gasteiger partial charge is 0.739 e. The van der Waals surface area contributed by atoms with Crippen molar-refractivity contribution in [3.63, 3.8) is 0 Å². The van der Waals surface area contributed by atoms with E-state index in [1.807, 2.05) is 12.1 Å². The van der Waals surface area contributed by atoms with Gasteiger partial charge >= 0.3 is 0 Å². The fourth-order valence-electron chi connectivity index (χ4n) is 1.31. The van der Waals surface area contributed by atoms with Gasteiger partial charge in [-0.1, -0.05) is 18.2 Å². The van der Waals surface area contributed by atoms with Crippen molar-refractivity contribution in [2.45, 2.75) is 6.42 Å². The Morgan fingerprint density at radius 1 is 1.50 bits per heavy atom. The second-order valence-electron chi connectivity index (χ2n) is 2.95. The molecule has 0 saturated carbocycles. The first-order valence-electron chi connectivity index (χ1n) is 4.32. The topological polar surface area (TPSA) is 50.7 Å². The van der Waals surface area contributed by atoms with Crippen molar-refractivity contribution < 1.29 is 0 Å². The van der Waals surface area contributed by atoms with Crippen LogP contribution in [0.5, 0.6) is 0 Å². The Hall–Kier alpha value is -1.81. The van der Waals surface area contributed by atoms with Gasteiger partial charge in [0.15, 0.2) is 0 Å². The van der Waals surface area contributed by atoms with E-state index in [2.05, 4.69) is 17.0 Å². The van der Waals surface area contributed by atoms with Gasteiger partial charge in [-0.15, -0.1) is 6.58 Å². The Bertz CT molecular complexity index is 387. The first kappa shape index (κ1) is 8.77. The average molecular weight is 188 g/mol. The molecular formula is C10H10N3O-. The molecule has 0 aliphatic carbocycles. The van der Waals surface area contributed by atoms with E-state index >= 15 is 0 Å². The minimum absolute atomic E-state index is 0.542. The van der Waals surface area contributed by atoms with E-state index in [0.29, 0.717) is 23.6 Å². The van der Waals surface area contributed by atoms with Crippen LogP contribution in [0.1, 0.15) is 6.42 Å². The highest BCUT2D eigenvalue weighted by Gasteiger charge is 2.10. The van der Waals surface area contributed by atoms with E-state index in [4.69, 9.17) is 0 Å². The lowest BCUT2D eigenvalue weighted by molar-refractivity contribution is 0.894. The highest BCUT2D eigenvalue weighted by molar-refractivity contribution is 5.92. The average Bonchev–Trinajstić information content (AvgIpc) is 2.18. The maximum absolute atomic E-state index is 11.5. The van der Waals surface area contributed by atoms with Gasteiger partial charge in [0.1, 0.15) is 5.84 Å². The molecule has 2 rings (SSSR count). The Morgan fingerprint density at radius 2 is 2.29 bits per heavy atom. The fraction of sp³-hybridized carbons (Fsp3) is 0.100. The van der Waals surface area contributed by atoms with Crippen LogP contribution < -0.4 is 10.6 Å². The number of para-hydroxylation sites is 2. The molecule has 0 fully saturated rings. The quantitative estimate of drug-likeness (QED) is 0.723. The van der Waals surface area contributed by atoms with Gasteiger partial charge in [-0.25, -0.2) is 4.99 Å². The van der Waals surface area contributed by atoms with Gasteiger partial charge < -0.3 is 10.4 Å². The molecule has 1 aromatic rings. The normalized spacial score (nSPS) is 14.1. The number of benzene rings is 1. The predicted octanol–water partition coefficient (Wildman–Crippen LogP) is 2.12. The minimum atomic E-state index is 0.542. The summed E-state index contributed by atoms with van der Waals surface area (Å²) in [4.78, 5) is 4.28. The molecule has 1 heterocycles. The van der Waals surface area contributed by atoms with Crippen LogP contribution in [0, 0.1) is 5.21 Å². The van der Waals surface area contributed by atoms with Gasteiger partial charge in [0.2, 0.25) is 0 Å². The summed E-state index contributed by atoms with van der Waals surface area (Å²) in [5.74, 6) is 0.619. The first-order chi connectivity index (χ1) is 6.81. The van der Waals surface area contributed by atoms with E-state index in [0.717, 1.165) is 5.17 Å². The van der Waals surface area contributed by atoms with Crippen LogP contribution >= 0.6 is 0 Å². The minimum Gasteiger partial charge on any atom is -0.739 e. The zero-order chi connectivity index (χ0) is 9.97. The molecule has 0 atom stereocenters. The van der Waals surface area contributed by atoms with Gasteiger partial charge in [0.05, 0.1) is 11.4 Å². The first-order valence-corrected chi connectivity index (χ1v) is 4.32. The Morgan fingerprint density at radius 3 is 3.07 bits per heavy atom. The lowest BCUT2D eigenvalue weighted by atomic mass is 10.2. The van der Waals surface area contributed by atoms with E-state index in [1.54, 1.807) is 18.2 Å². The molecule has 0 aromatic heterocycles. The number of fused-ring (bicyclic) bond motifs is 1. The van der Waals surface area contributed by atoms with E-state index in [1.165, 1.54) is 0 Å². The van der Waals surface area contributed by atoms with Crippen molar-refractivity contribution in [3.05, 3.63) is 42.1 Å². The Balaban J connectivity index is 2.39. The third-order valence-electron chi connectivity index (χ3n) is 1.92. The number of anilines is 1. The molecule has 0 spiro atoms. The van der Waals surface area contributed by atoms with Crippen LogP contribution in [-0.4, -0.2) is 5.84 Å². The van der Waals surface area contributed by atoms with Crippen LogP contribution in [0.4, 0.5) is 11.4 Å². The van der Waals surface area contributed by atoms with Gasteiger partial charge in [-0.05, 0) is 12.1 Å². The zero-order valence-electron chi connectivity index (χ0n) is 7.60. The number of nitrogens with zero attached hydrogens (tertiary/aromatic N) is 2. The van der Waals surface area contributed by atoms with E-state index < -0.39 is 0 Å². The number of hydrazine groups is 1. The SMILES string of the molecule is C=CCC1=Nc2ccccc2N([O-])N1. The standard InChI is InChI=1S/C10H10N3O/c1-2-5-10-11-8-6-3-4-7-9(8)13(14)12-10/h2-4,6-7H,1,5H2,(H,11,12)/q-1. The molecular weight excluding hydrogens is 178 g/mol. The molecule has 1 aromatic carbocycles. The smallest absolute Gasteiger partial charge is 0.124 e. The fourth-order valence-corrected chi connectivity index (χ4v) is 1.31. The molecule has 0 radical (unpaired) electrons. The molecule has 4 nitrogen and oxygen atoms in total. The molecule has 1 N–H and O–H groups in total. The summed E-state index contributed by atoms with van der Waals surface area (Å²) in [5, 5.41) is 12.2. The van der Waals surface area contributed by atoms with Gasteiger partial charge in [0.25, 0.3) is 0 Å². The van der Waals surface area contributed by atoms with Crippen molar-refractivity contribution >= 4 is 17.2 Å².